The quantitative estimate of drug-likeness (QED) is 0.211. The van der Waals surface area contributed by atoms with Gasteiger partial charge in [-0.15, -0.1) is 24.0 Å². The van der Waals surface area contributed by atoms with Crippen LogP contribution in [-0.2, 0) is 12.8 Å². The lowest BCUT2D eigenvalue weighted by Crippen LogP contribution is -2.46. The molecule has 2 aliphatic heterocycles. The number of benzene rings is 1. The number of nitrogens with zero attached hydrogens (tertiary/aromatic N) is 3. The maximum atomic E-state index is 5.59. The molecule has 2 aliphatic rings. The molecular formula is C23H40IN5O. The number of rotatable bonds is 10. The second-order valence-corrected chi connectivity index (χ2v) is 7.96. The highest BCUT2D eigenvalue weighted by molar-refractivity contribution is 14.0. The van der Waals surface area contributed by atoms with Crippen molar-refractivity contribution in [2.24, 2.45) is 4.99 Å². The summed E-state index contributed by atoms with van der Waals surface area (Å²) >= 11 is 0. The Balaban J connectivity index is 0.00000320. The van der Waals surface area contributed by atoms with E-state index >= 15 is 0 Å². The van der Waals surface area contributed by atoms with Gasteiger partial charge < -0.3 is 25.2 Å². The lowest BCUT2D eigenvalue weighted by Gasteiger charge is -2.33. The van der Waals surface area contributed by atoms with Crippen LogP contribution in [0.25, 0.3) is 0 Å². The first kappa shape index (κ1) is 25.2. The Bertz CT molecular complexity index is 646. The normalized spacial score (nSPS) is 17.2. The fourth-order valence-electron chi connectivity index (χ4n) is 4.03. The van der Waals surface area contributed by atoms with Gasteiger partial charge in [0, 0.05) is 52.2 Å². The molecule has 1 aromatic carbocycles. The zero-order valence-corrected chi connectivity index (χ0v) is 21.1. The number of hydrogen-bond donors (Lipinski definition) is 2. The zero-order chi connectivity index (χ0) is 20.3. The number of halogens is 1. The van der Waals surface area contributed by atoms with Crippen molar-refractivity contribution < 1.29 is 4.74 Å². The van der Waals surface area contributed by atoms with Gasteiger partial charge in [-0.05, 0) is 56.5 Å². The Labute approximate surface area is 199 Å². The molecule has 0 amide bonds. The molecule has 0 aromatic heterocycles. The van der Waals surface area contributed by atoms with E-state index in [9.17, 15) is 0 Å². The molecule has 1 fully saturated rings. The van der Waals surface area contributed by atoms with E-state index in [0.717, 1.165) is 57.2 Å². The van der Waals surface area contributed by atoms with Crippen LogP contribution in [0.5, 0.6) is 5.75 Å². The molecule has 7 heteroatoms. The lowest BCUT2D eigenvalue weighted by atomic mass is 10.1. The molecule has 0 bridgehead atoms. The van der Waals surface area contributed by atoms with Crippen molar-refractivity contribution in [3.05, 3.63) is 29.3 Å². The van der Waals surface area contributed by atoms with E-state index < -0.39 is 0 Å². The van der Waals surface area contributed by atoms with Gasteiger partial charge in [-0.25, -0.2) is 0 Å². The van der Waals surface area contributed by atoms with Gasteiger partial charge in [-0.2, -0.15) is 0 Å². The fraction of sp³-hybridized carbons (Fsp3) is 0.696. The molecule has 2 heterocycles. The van der Waals surface area contributed by atoms with Gasteiger partial charge in [0.1, 0.15) is 5.75 Å². The Morgan fingerprint density at radius 1 is 1.07 bits per heavy atom. The maximum absolute atomic E-state index is 5.59. The minimum Gasteiger partial charge on any atom is -0.493 e. The monoisotopic (exact) mass is 529 g/mol. The summed E-state index contributed by atoms with van der Waals surface area (Å²) in [5.41, 5.74) is 2.71. The van der Waals surface area contributed by atoms with Gasteiger partial charge in [0.05, 0.1) is 6.61 Å². The van der Waals surface area contributed by atoms with Crippen molar-refractivity contribution in [3.63, 3.8) is 0 Å². The number of fused-ring (bicyclic) bond motifs is 1. The predicted octanol–water partition coefficient (Wildman–Crippen LogP) is 2.75. The molecule has 3 rings (SSSR count). The number of nitrogens with one attached hydrogen (secondary N) is 2. The third-order valence-corrected chi connectivity index (χ3v) is 5.87. The van der Waals surface area contributed by atoms with Gasteiger partial charge in [0.15, 0.2) is 5.96 Å². The van der Waals surface area contributed by atoms with Gasteiger partial charge in [0.2, 0.25) is 0 Å². The molecule has 0 aliphatic carbocycles. The van der Waals surface area contributed by atoms with Crippen LogP contribution in [0.4, 0.5) is 0 Å². The highest BCUT2D eigenvalue weighted by Crippen LogP contribution is 2.25. The topological polar surface area (TPSA) is 52.1 Å². The van der Waals surface area contributed by atoms with Crippen LogP contribution >= 0.6 is 24.0 Å². The number of ether oxygens (including phenoxy) is 1. The van der Waals surface area contributed by atoms with Gasteiger partial charge in [-0.1, -0.05) is 19.1 Å². The minimum absolute atomic E-state index is 0. The molecule has 0 unspecified atom stereocenters. The summed E-state index contributed by atoms with van der Waals surface area (Å²) in [6.07, 6.45) is 4.41. The smallest absolute Gasteiger partial charge is 0.191 e. The molecule has 0 saturated carbocycles. The number of unbranched alkanes of at least 4 members (excludes halogenated alkanes) is 1. The van der Waals surface area contributed by atoms with Crippen molar-refractivity contribution in [1.82, 2.24) is 20.4 Å². The van der Waals surface area contributed by atoms with Crippen LogP contribution in [0.2, 0.25) is 0 Å². The number of likely N-dealkylation sites (N-methyl/N-ethyl adjacent to an activating group) is 1. The molecule has 6 nitrogen and oxygen atoms in total. The summed E-state index contributed by atoms with van der Waals surface area (Å²) in [6.45, 7) is 15.1. The van der Waals surface area contributed by atoms with Gasteiger partial charge in [-0.3, -0.25) is 4.99 Å². The van der Waals surface area contributed by atoms with Crippen molar-refractivity contribution >= 4 is 29.9 Å². The molecule has 0 radical (unpaired) electrons. The van der Waals surface area contributed by atoms with E-state index in [1.807, 2.05) is 0 Å². The van der Waals surface area contributed by atoms with Crippen LogP contribution in [-0.4, -0.2) is 81.3 Å². The molecule has 0 atom stereocenters. The Morgan fingerprint density at radius 2 is 1.87 bits per heavy atom. The van der Waals surface area contributed by atoms with E-state index in [1.54, 1.807) is 0 Å². The van der Waals surface area contributed by atoms with Gasteiger partial charge >= 0.3 is 0 Å². The minimum atomic E-state index is 0. The van der Waals surface area contributed by atoms with Gasteiger partial charge in [0.25, 0.3) is 0 Å². The summed E-state index contributed by atoms with van der Waals surface area (Å²) in [5.74, 6) is 2.00. The van der Waals surface area contributed by atoms with E-state index in [-0.39, 0.29) is 24.0 Å². The highest BCUT2D eigenvalue weighted by atomic mass is 127. The first-order valence-corrected chi connectivity index (χ1v) is 11.5. The Hall–Kier alpha value is -1.06. The molecular weight excluding hydrogens is 489 g/mol. The fourth-order valence-corrected chi connectivity index (χ4v) is 4.03. The molecule has 170 valence electrons. The van der Waals surface area contributed by atoms with Crippen LogP contribution in [0, 0.1) is 0 Å². The summed E-state index contributed by atoms with van der Waals surface area (Å²) < 4.78 is 5.59. The van der Waals surface area contributed by atoms with Crippen molar-refractivity contribution in [2.75, 3.05) is 65.5 Å². The van der Waals surface area contributed by atoms with Crippen LogP contribution in [0.15, 0.2) is 23.2 Å². The van der Waals surface area contributed by atoms with E-state index in [2.05, 4.69) is 52.5 Å². The first-order chi connectivity index (χ1) is 14.3. The van der Waals surface area contributed by atoms with Crippen LogP contribution in [0.1, 0.15) is 37.8 Å². The van der Waals surface area contributed by atoms with Crippen LogP contribution < -0.4 is 15.4 Å². The Morgan fingerprint density at radius 3 is 2.63 bits per heavy atom. The molecule has 1 saturated heterocycles. The zero-order valence-electron chi connectivity index (χ0n) is 18.8. The number of guanidine groups is 1. The van der Waals surface area contributed by atoms with Crippen molar-refractivity contribution in [3.8, 4) is 5.75 Å². The molecule has 30 heavy (non-hydrogen) atoms. The summed E-state index contributed by atoms with van der Waals surface area (Å²) in [6, 6.07) is 6.57. The van der Waals surface area contributed by atoms with Crippen molar-refractivity contribution in [1.29, 1.82) is 0 Å². The number of hydrogen-bond acceptors (Lipinski definition) is 4. The third kappa shape index (κ3) is 8.23. The second kappa shape index (κ2) is 14.1. The standard InChI is InChI=1S/C23H39N5O.HI/c1-3-24-23(25-11-5-6-13-28-16-14-27(4-2)15-17-28)26-12-9-20-7-8-22-21(19-20)10-18-29-22;/h7-8,19H,3-6,9-18H2,1-2H3,(H2,24,25,26);1H. The highest BCUT2D eigenvalue weighted by Gasteiger charge is 2.14. The molecule has 0 spiro atoms. The predicted molar refractivity (Wildman–Crippen MR) is 137 cm³/mol. The average Bonchev–Trinajstić information content (AvgIpc) is 3.22. The maximum Gasteiger partial charge on any atom is 0.191 e. The summed E-state index contributed by atoms with van der Waals surface area (Å²) in [4.78, 5) is 9.89. The summed E-state index contributed by atoms with van der Waals surface area (Å²) in [5, 5.41) is 6.85. The van der Waals surface area contributed by atoms with E-state index in [0.29, 0.717) is 0 Å². The van der Waals surface area contributed by atoms with Crippen molar-refractivity contribution in [2.45, 2.75) is 39.5 Å². The van der Waals surface area contributed by atoms with Crippen LogP contribution in [0.3, 0.4) is 0 Å². The van der Waals surface area contributed by atoms with E-state index in [4.69, 9.17) is 9.73 Å². The first-order valence-electron chi connectivity index (χ1n) is 11.5. The summed E-state index contributed by atoms with van der Waals surface area (Å²) in [7, 11) is 0. The number of aliphatic imine (C=N–C) groups is 1. The lowest BCUT2D eigenvalue weighted by molar-refractivity contribution is 0.136. The molecule has 1 aromatic rings. The largest absolute Gasteiger partial charge is 0.493 e. The SMILES string of the molecule is CCNC(=NCCCCN1CCN(CC)CC1)NCCc1ccc2c(c1)CCO2.I. The Kier molecular flexibility index (Phi) is 11.8. The number of piperazine rings is 1. The second-order valence-electron chi connectivity index (χ2n) is 7.96. The third-order valence-electron chi connectivity index (χ3n) is 5.87. The average molecular weight is 530 g/mol. The molecule has 2 N–H and O–H groups in total. The van der Waals surface area contributed by atoms with E-state index in [1.165, 1.54) is 56.8 Å².